The lowest BCUT2D eigenvalue weighted by atomic mass is 10.1. The van der Waals surface area contributed by atoms with Crippen molar-refractivity contribution >= 4 is 18.2 Å². The van der Waals surface area contributed by atoms with Gasteiger partial charge in [-0.25, -0.2) is 4.79 Å². The van der Waals surface area contributed by atoms with Crippen molar-refractivity contribution in [3.05, 3.63) is 53.6 Å². The molecule has 1 amide bonds. The maximum absolute atomic E-state index is 12.1. The van der Waals surface area contributed by atoms with E-state index >= 15 is 0 Å². The number of hydrogen-bond donors (Lipinski definition) is 1. The summed E-state index contributed by atoms with van der Waals surface area (Å²) in [6.07, 6.45) is 0.627. The highest BCUT2D eigenvalue weighted by molar-refractivity contribution is 5.82. The first-order valence-corrected chi connectivity index (χ1v) is 8.82. The van der Waals surface area contributed by atoms with Crippen molar-refractivity contribution in [2.24, 2.45) is 0 Å². The third-order valence-corrected chi connectivity index (χ3v) is 4.04. The maximum Gasteiger partial charge on any atom is 0.344 e. The molecule has 0 aromatic heterocycles. The van der Waals surface area contributed by atoms with Gasteiger partial charge in [-0.05, 0) is 37.3 Å². The van der Waals surface area contributed by atoms with E-state index in [0.717, 1.165) is 5.56 Å². The summed E-state index contributed by atoms with van der Waals surface area (Å²) in [4.78, 5) is 34.8. The van der Waals surface area contributed by atoms with Crippen LogP contribution in [0.1, 0.15) is 28.9 Å². The lowest BCUT2D eigenvalue weighted by Crippen LogP contribution is -2.32. The first-order chi connectivity index (χ1) is 14.0. The minimum Gasteiger partial charge on any atom is -0.497 e. The number of carbonyl (C=O) groups is 3. The summed E-state index contributed by atoms with van der Waals surface area (Å²) in [7, 11) is 3.08. The van der Waals surface area contributed by atoms with Crippen LogP contribution in [0.4, 0.5) is 0 Å². The molecule has 8 nitrogen and oxygen atoms in total. The van der Waals surface area contributed by atoms with Crippen LogP contribution in [0.25, 0.3) is 0 Å². The second-order valence-electron chi connectivity index (χ2n) is 6.00. The Balaban J connectivity index is 1.84. The molecule has 0 aliphatic carbocycles. The van der Waals surface area contributed by atoms with Crippen molar-refractivity contribution < 1.29 is 33.3 Å². The first-order valence-electron chi connectivity index (χ1n) is 8.82. The maximum atomic E-state index is 12.1. The van der Waals surface area contributed by atoms with E-state index in [1.807, 2.05) is 0 Å². The largest absolute Gasteiger partial charge is 0.497 e. The van der Waals surface area contributed by atoms with Crippen LogP contribution in [0.15, 0.2) is 42.5 Å². The fraction of sp³-hybridized carbons (Fsp3) is 0.286. The summed E-state index contributed by atoms with van der Waals surface area (Å²) >= 11 is 0. The van der Waals surface area contributed by atoms with Crippen molar-refractivity contribution in [3.63, 3.8) is 0 Å². The summed E-state index contributed by atoms with van der Waals surface area (Å²) in [6, 6.07) is 11.3. The standard InChI is InChI=1S/C21H23NO7/c1-14(17-10-16(26-2)8-9-19(17)27-3)22-20(24)12-29-21(25)13-28-18-7-5-4-6-15(18)11-23/h4-11,14H,12-13H2,1-3H3,(H,22,24)/t14-/m1/s1. The van der Waals surface area contributed by atoms with Crippen LogP contribution < -0.4 is 19.5 Å². The second-order valence-corrected chi connectivity index (χ2v) is 6.00. The van der Waals surface area contributed by atoms with Gasteiger partial charge in [0, 0.05) is 5.56 Å². The Morgan fingerprint density at radius 2 is 1.79 bits per heavy atom. The number of carbonyl (C=O) groups excluding carboxylic acids is 3. The van der Waals surface area contributed by atoms with Gasteiger partial charge in [0.25, 0.3) is 5.91 Å². The quantitative estimate of drug-likeness (QED) is 0.482. The zero-order valence-corrected chi connectivity index (χ0v) is 16.5. The van der Waals surface area contributed by atoms with Gasteiger partial charge < -0.3 is 24.3 Å². The van der Waals surface area contributed by atoms with Gasteiger partial charge in [-0.3, -0.25) is 9.59 Å². The predicted octanol–water partition coefficient (Wildman–Crippen LogP) is 2.32. The van der Waals surface area contributed by atoms with Crippen molar-refractivity contribution in [2.45, 2.75) is 13.0 Å². The summed E-state index contributed by atoms with van der Waals surface area (Å²) in [5.41, 5.74) is 1.04. The molecule has 0 bridgehead atoms. The lowest BCUT2D eigenvalue weighted by Gasteiger charge is -2.18. The third kappa shape index (κ3) is 6.24. The average Bonchev–Trinajstić information content (AvgIpc) is 2.75. The highest BCUT2D eigenvalue weighted by Gasteiger charge is 2.16. The minimum absolute atomic E-state index is 0.266. The average molecular weight is 401 g/mol. The zero-order chi connectivity index (χ0) is 21.2. The number of rotatable bonds is 10. The van der Waals surface area contributed by atoms with Gasteiger partial charge in [-0.15, -0.1) is 0 Å². The second kappa shape index (κ2) is 10.7. The summed E-state index contributed by atoms with van der Waals surface area (Å²) in [6.45, 7) is 0.891. The number of aldehydes is 1. The van der Waals surface area contributed by atoms with E-state index in [9.17, 15) is 14.4 Å². The number of esters is 1. The van der Waals surface area contributed by atoms with Crippen LogP contribution in [0.2, 0.25) is 0 Å². The zero-order valence-electron chi connectivity index (χ0n) is 16.5. The van der Waals surface area contributed by atoms with E-state index in [-0.39, 0.29) is 5.75 Å². The summed E-state index contributed by atoms with van der Waals surface area (Å²) in [5.74, 6) is 0.276. The van der Waals surface area contributed by atoms with E-state index in [4.69, 9.17) is 18.9 Å². The molecule has 2 rings (SSSR count). The van der Waals surface area contributed by atoms with Gasteiger partial charge in [-0.2, -0.15) is 0 Å². The molecule has 29 heavy (non-hydrogen) atoms. The normalized spacial score (nSPS) is 11.1. The highest BCUT2D eigenvalue weighted by atomic mass is 16.6. The smallest absolute Gasteiger partial charge is 0.344 e. The molecule has 1 N–H and O–H groups in total. The van der Waals surface area contributed by atoms with E-state index in [1.165, 1.54) is 7.11 Å². The van der Waals surface area contributed by atoms with Gasteiger partial charge >= 0.3 is 5.97 Å². The Bertz CT molecular complexity index is 866. The number of nitrogens with one attached hydrogen (secondary N) is 1. The summed E-state index contributed by atoms with van der Waals surface area (Å²) < 4.78 is 20.7. The molecule has 0 spiro atoms. The number of amides is 1. The number of hydrogen-bond acceptors (Lipinski definition) is 7. The van der Waals surface area contributed by atoms with Crippen LogP contribution in [0.5, 0.6) is 17.2 Å². The Morgan fingerprint density at radius 1 is 1.03 bits per heavy atom. The molecule has 0 heterocycles. The number of ether oxygens (including phenoxy) is 4. The molecule has 0 fully saturated rings. The topological polar surface area (TPSA) is 100 Å². The molecule has 0 aliphatic heterocycles. The molecule has 154 valence electrons. The number of para-hydroxylation sites is 1. The lowest BCUT2D eigenvalue weighted by molar-refractivity contribution is -0.150. The highest BCUT2D eigenvalue weighted by Crippen LogP contribution is 2.29. The molecule has 2 aromatic carbocycles. The van der Waals surface area contributed by atoms with E-state index < -0.39 is 31.1 Å². The Labute approximate surface area is 168 Å². The van der Waals surface area contributed by atoms with Crippen LogP contribution in [0.3, 0.4) is 0 Å². The first kappa shape index (κ1) is 21.7. The molecule has 2 aromatic rings. The SMILES string of the molecule is COc1ccc(OC)c([C@@H](C)NC(=O)COC(=O)COc2ccccc2C=O)c1. The molecular weight excluding hydrogens is 378 g/mol. The third-order valence-electron chi connectivity index (χ3n) is 4.04. The number of methoxy groups -OCH3 is 2. The van der Waals surface area contributed by atoms with E-state index in [2.05, 4.69) is 5.32 Å². The molecular formula is C21H23NO7. The van der Waals surface area contributed by atoms with Crippen LogP contribution in [-0.2, 0) is 14.3 Å². The van der Waals surface area contributed by atoms with Crippen LogP contribution in [-0.4, -0.2) is 45.6 Å². The fourth-order valence-electron chi connectivity index (χ4n) is 2.57. The van der Waals surface area contributed by atoms with E-state index in [1.54, 1.807) is 56.5 Å². The molecule has 0 saturated heterocycles. The minimum atomic E-state index is -0.729. The summed E-state index contributed by atoms with van der Waals surface area (Å²) in [5, 5.41) is 2.73. The Morgan fingerprint density at radius 3 is 2.48 bits per heavy atom. The fourth-order valence-corrected chi connectivity index (χ4v) is 2.57. The molecule has 0 aliphatic rings. The van der Waals surface area contributed by atoms with Crippen molar-refractivity contribution in [2.75, 3.05) is 27.4 Å². The van der Waals surface area contributed by atoms with Gasteiger partial charge in [-0.1, -0.05) is 12.1 Å². The molecule has 0 unspecified atom stereocenters. The van der Waals surface area contributed by atoms with Gasteiger partial charge in [0.2, 0.25) is 0 Å². The Hall–Kier alpha value is -3.55. The van der Waals surface area contributed by atoms with Gasteiger partial charge in [0.15, 0.2) is 19.5 Å². The molecule has 1 atom stereocenters. The Kier molecular flexibility index (Phi) is 8.02. The van der Waals surface area contributed by atoms with Crippen LogP contribution >= 0.6 is 0 Å². The van der Waals surface area contributed by atoms with Gasteiger partial charge in [0.1, 0.15) is 17.2 Å². The molecule has 0 saturated carbocycles. The van der Waals surface area contributed by atoms with E-state index in [0.29, 0.717) is 23.3 Å². The van der Waals surface area contributed by atoms with Crippen molar-refractivity contribution in [1.82, 2.24) is 5.32 Å². The predicted molar refractivity (Wildman–Crippen MR) is 104 cm³/mol. The monoisotopic (exact) mass is 401 g/mol. The molecule has 0 radical (unpaired) electrons. The van der Waals surface area contributed by atoms with Crippen molar-refractivity contribution in [3.8, 4) is 17.2 Å². The van der Waals surface area contributed by atoms with Crippen LogP contribution in [0, 0.1) is 0 Å². The van der Waals surface area contributed by atoms with Crippen molar-refractivity contribution in [1.29, 1.82) is 0 Å². The number of benzene rings is 2. The van der Waals surface area contributed by atoms with Gasteiger partial charge in [0.05, 0.1) is 25.8 Å². The molecule has 8 heteroatoms.